The molecule has 1 heterocycles. The topological polar surface area (TPSA) is 208 Å². The maximum Gasteiger partial charge on any atom is 0.331 e. The first-order valence-corrected chi connectivity index (χ1v) is 18.0. The smallest absolute Gasteiger partial charge is 0.331 e. The number of hydrogen-bond acceptors (Lipinski definition) is 11. The molecule has 0 aromatic carbocycles. The summed E-state index contributed by atoms with van der Waals surface area (Å²) < 4.78 is 5.71. The second-order valence-corrected chi connectivity index (χ2v) is 14.0. The van der Waals surface area contributed by atoms with Crippen LogP contribution in [-0.4, -0.2) is 113 Å². The first-order chi connectivity index (χ1) is 23.7. The molecular weight excluding hydrogens is 644 g/mol. The first-order valence-electron chi connectivity index (χ1n) is 18.0. The van der Waals surface area contributed by atoms with Gasteiger partial charge in [0, 0.05) is 6.08 Å². The normalized spacial score (nSPS) is 35.2. The van der Waals surface area contributed by atoms with Crippen LogP contribution in [0.25, 0.3) is 0 Å². The molecule has 0 aromatic heterocycles. The van der Waals surface area contributed by atoms with Gasteiger partial charge in [-0.05, 0) is 82.5 Å². The van der Waals surface area contributed by atoms with Gasteiger partial charge in [0.2, 0.25) is 0 Å². The van der Waals surface area contributed by atoms with E-state index in [0.29, 0.717) is 19.3 Å². The predicted octanol–water partition coefficient (Wildman–Crippen LogP) is 3.08. The zero-order valence-electron chi connectivity index (χ0n) is 30.0. The van der Waals surface area contributed by atoms with E-state index in [0.717, 1.165) is 0 Å². The summed E-state index contributed by atoms with van der Waals surface area (Å²) in [7, 11) is 0. The van der Waals surface area contributed by atoms with Crippen LogP contribution in [0.15, 0.2) is 72.9 Å². The van der Waals surface area contributed by atoms with Crippen LogP contribution < -0.4 is 0 Å². The lowest BCUT2D eigenvalue weighted by Gasteiger charge is -2.28. The molecule has 3 unspecified atom stereocenters. The third kappa shape index (κ3) is 23.1. The lowest BCUT2D eigenvalue weighted by molar-refractivity contribution is -0.148. The molecule has 0 aliphatic carbocycles. The zero-order valence-corrected chi connectivity index (χ0v) is 30.0. The fourth-order valence-electron chi connectivity index (χ4n) is 6.06. The summed E-state index contributed by atoms with van der Waals surface area (Å²) in [5.74, 6) is -0.483. The van der Waals surface area contributed by atoms with E-state index in [-0.39, 0.29) is 69.3 Å². The van der Waals surface area contributed by atoms with Gasteiger partial charge in [0.15, 0.2) is 0 Å². The number of rotatable bonds is 1. The van der Waals surface area contributed by atoms with Gasteiger partial charge < -0.3 is 50.7 Å². The van der Waals surface area contributed by atoms with Gasteiger partial charge in [0.05, 0.1) is 54.9 Å². The molecule has 9 N–H and O–H groups in total. The van der Waals surface area contributed by atoms with Crippen molar-refractivity contribution in [3.8, 4) is 0 Å². The molecule has 1 rings (SSSR count). The van der Waals surface area contributed by atoms with Crippen LogP contribution in [0.5, 0.6) is 0 Å². The monoisotopic (exact) mass is 708 g/mol. The molecule has 0 amide bonds. The van der Waals surface area contributed by atoms with Crippen molar-refractivity contribution >= 4 is 5.97 Å². The number of ether oxygens (including phenoxy) is 1. The second kappa shape index (κ2) is 26.3. The lowest BCUT2D eigenvalue weighted by Crippen LogP contribution is -2.31. The predicted molar refractivity (Wildman–Crippen MR) is 194 cm³/mol. The Morgan fingerprint density at radius 2 is 0.840 bits per heavy atom. The highest BCUT2D eigenvalue weighted by Gasteiger charge is 2.27. The molecule has 50 heavy (non-hydrogen) atoms. The number of hydrogen-bond donors (Lipinski definition) is 9. The number of esters is 1. The van der Waals surface area contributed by atoms with Crippen LogP contribution >= 0.6 is 0 Å². The van der Waals surface area contributed by atoms with Crippen LogP contribution in [-0.2, 0) is 9.53 Å². The van der Waals surface area contributed by atoms with Crippen molar-refractivity contribution in [2.45, 2.75) is 152 Å². The van der Waals surface area contributed by atoms with Gasteiger partial charge in [-0.15, -0.1) is 0 Å². The summed E-state index contributed by atoms with van der Waals surface area (Å²) in [6.45, 7) is 5.86. The van der Waals surface area contributed by atoms with E-state index in [1.54, 1.807) is 42.5 Å². The average molecular weight is 709 g/mol. The highest BCUT2D eigenvalue weighted by molar-refractivity contribution is 5.82. The molecule has 1 aliphatic heterocycles. The summed E-state index contributed by atoms with van der Waals surface area (Å²) in [6, 6.07) is 0. The molecule has 11 heteroatoms. The molecule has 0 saturated heterocycles. The second-order valence-electron chi connectivity index (χ2n) is 14.0. The van der Waals surface area contributed by atoms with E-state index in [9.17, 15) is 50.8 Å². The van der Waals surface area contributed by atoms with Gasteiger partial charge in [-0.3, -0.25) is 0 Å². The van der Waals surface area contributed by atoms with Gasteiger partial charge in [-0.1, -0.05) is 87.6 Å². The Balaban J connectivity index is 2.88. The molecule has 1 aliphatic rings. The summed E-state index contributed by atoms with van der Waals surface area (Å²) >= 11 is 0. The van der Waals surface area contributed by atoms with Crippen molar-refractivity contribution in [2.75, 3.05) is 0 Å². The molecule has 0 saturated carbocycles. The highest BCUT2D eigenvalue weighted by atomic mass is 16.5. The zero-order chi connectivity index (χ0) is 37.5. The minimum absolute atomic E-state index is 0.0177. The molecule has 0 spiro atoms. The maximum atomic E-state index is 12.5. The number of aliphatic hydroxyl groups excluding tert-OH is 9. The number of cyclic esters (lactones) is 1. The molecule has 0 fully saturated rings. The minimum atomic E-state index is -1.12. The molecule has 0 bridgehead atoms. The number of aliphatic hydroxyl groups is 9. The number of allylic oxidation sites excluding steroid dienone is 10. The Morgan fingerprint density at radius 1 is 0.500 bits per heavy atom. The van der Waals surface area contributed by atoms with E-state index in [1.807, 2.05) is 45.1 Å². The third-order valence-electron chi connectivity index (χ3n) is 8.56. The van der Waals surface area contributed by atoms with Crippen molar-refractivity contribution in [1.82, 2.24) is 0 Å². The molecular formula is C39H64O11. The fourth-order valence-corrected chi connectivity index (χ4v) is 6.06. The summed E-state index contributed by atoms with van der Waals surface area (Å²) in [5.41, 5.74) is 0. The van der Waals surface area contributed by atoms with Crippen molar-refractivity contribution in [1.29, 1.82) is 0 Å². The summed E-state index contributed by atoms with van der Waals surface area (Å²) in [6.07, 6.45) is 11.9. The number of carbonyl (C=O) groups is 1. The van der Waals surface area contributed by atoms with Crippen molar-refractivity contribution in [3.63, 3.8) is 0 Å². The quantitative estimate of drug-likeness (QED) is 0.181. The molecule has 0 aromatic rings. The lowest BCUT2D eigenvalue weighted by atomic mass is 9.89. The van der Waals surface area contributed by atoms with E-state index in [2.05, 4.69) is 0 Å². The van der Waals surface area contributed by atoms with Crippen LogP contribution in [0.1, 0.15) is 91.4 Å². The summed E-state index contributed by atoms with van der Waals surface area (Å²) in [5, 5.41) is 93.2. The van der Waals surface area contributed by atoms with Gasteiger partial charge in [0.1, 0.15) is 6.10 Å². The van der Waals surface area contributed by atoms with Gasteiger partial charge in [-0.2, -0.15) is 0 Å². The van der Waals surface area contributed by atoms with Gasteiger partial charge >= 0.3 is 5.97 Å². The van der Waals surface area contributed by atoms with Crippen LogP contribution in [0.4, 0.5) is 0 Å². The van der Waals surface area contributed by atoms with E-state index < -0.39 is 60.9 Å². The number of carbonyl (C=O) groups excluding carboxylic acids is 1. The molecule has 11 atom stereocenters. The Hall–Kier alpha value is -2.45. The SMILES string of the molecule is CC(C)[C@@H]1OC(=O)C=CC=CC=CC=CC=CC=CC[C@@H](O)C[C@H](O)C[C@H](O)CC(O)CC(O)CC(O)C[C@@H](O)C[C@@H](O)C[C@@H](O)CC[C@@H]1C. The van der Waals surface area contributed by atoms with Crippen molar-refractivity contribution in [3.05, 3.63) is 72.9 Å². The fraction of sp³-hybridized carbons (Fsp3) is 0.667. The summed E-state index contributed by atoms with van der Waals surface area (Å²) in [4.78, 5) is 12.5. The first kappa shape index (κ1) is 45.6. The Labute approximate surface area is 298 Å². The van der Waals surface area contributed by atoms with Crippen LogP contribution in [0.2, 0.25) is 0 Å². The molecule has 286 valence electrons. The molecule has 0 radical (unpaired) electrons. The van der Waals surface area contributed by atoms with E-state index in [4.69, 9.17) is 4.74 Å². The molecule has 11 nitrogen and oxygen atoms in total. The Morgan fingerprint density at radius 3 is 1.24 bits per heavy atom. The van der Waals surface area contributed by atoms with Gasteiger partial charge in [0.25, 0.3) is 0 Å². The van der Waals surface area contributed by atoms with E-state index >= 15 is 0 Å². The Bertz CT molecular complexity index is 1080. The largest absolute Gasteiger partial charge is 0.459 e. The van der Waals surface area contributed by atoms with Crippen molar-refractivity contribution < 1.29 is 55.5 Å². The van der Waals surface area contributed by atoms with E-state index in [1.165, 1.54) is 6.08 Å². The van der Waals surface area contributed by atoms with Crippen LogP contribution in [0, 0.1) is 11.8 Å². The highest BCUT2D eigenvalue weighted by Crippen LogP contribution is 2.24. The third-order valence-corrected chi connectivity index (χ3v) is 8.56. The average Bonchev–Trinajstić information content (AvgIpc) is 2.99. The standard InChI is InChI=1S/C39H64O11/c1-27(2)39-28(3)17-18-30(41)20-32(43)22-34(45)24-36(47)26-37(48)25-35(46)23-33(44)21-31(42)19-29(40)15-13-11-9-7-5-4-6-8-10-12-14-16-38(49)50-39/h4-14,16,27-37,39-48H,15,17-26H2,1-3H3/t28-,29+,30-,31-,32-,33-,34-,35?,36?,37?,39-/m0/s1. The maximum absolute atomic E-state index is 12.5. The Kier molecular flexibility index (Phi) is 24.0. The minimum Gasteiger partial charge on any atom is -0.459 e. The van der Waals surface area contributed by atoms with Crippen LogP contribution in [0.3, 0.4) is 0 Å². The van der Waals surface area contributed by atoms with Gasteiger partial charge in [-0.25, -0.2) is 4.79 Å². The van der Waals surface area contributed by atoms with Crippen molar-refractivity contribution in [2.24, 2.45) is 11.8 Å².